The first kappa shape index (κ1) is 17.7. The predicted octanol–water partition coefficient (Wildman–Crippen LogP) is 6.58. The molecule has 1 aliphatic carbocycles. The van der Waals surface area contributed by atoms with E-state index < -0.39 is 13.0 Å². The first-order valence-corrected chi connectivity index (χ1v) is 10.2. The van der Waals surface area contributed by atoms with E-state index in [4.69, 9.17) is 9.13 Å². The second-order valence-electron chi connectivity index (χ2n) is 2.53. The van der Waals surface area contributed by atoms with Crippen LogP contribution in [-0.4, -0.2) is 0 Å². The highest BCUT2D eigenvalue weighted by molar-refractivity contribution is 7.95. The van der Waals surface area contributed by atoms with Gasteiger partial charge in [-0.05, 0) is 9.13 Å². The molecule has 0 saturated heterocycles. The molecular weight excluding hydrogens is 308 g/mol. The second-order valence-corrected chi connectivity index (χ2v) is 8.06. The van der Waals surface area contributed by atoms with Gasteiger partial charge in [-0.2, -0.15) is 0 Å². The molecule has 1 fully saturated rings. The molecule has 0 aliphatic heterocycles. The van der Waals surface area contributed by atoms with Gasteiger partial charge in [-0.1, -0.05) is 38.5 Å². The minimum Gasteiger partial charge on any atom is -0.0533 e. The van der Waals surface area contributed by atoms with Gasteiger partial charge in [0.05, 0.1) is 0 Å². The summed E-state index contributed by atoms with van der Waals surface area (Å²) < 4.78 is 18.2. The smallest absolute Gasteiger partial charge is 0.0533 e. The van der Waals surface area contributed by atoms with Crippen LogP contribution in [-0.2, 0) is 9.13 Å². The largest absolute Gasteiger partial charge is 0.575 e. The standard InChI is InChI=1S/C6H12.2Cl2OP/c1-2-4-6-5-3-1;2*1-4(2)3/h1-6H2;;/q;2*+1. The van der Waals surface area contributed by atoms with Crippen LogP contribution in [0.15, 0.2) is 0 Å². The van der Waals surface area contributed by atoms with Crippen molar-refractivity contribution in [3.63, 3.8) is 0 Å². The van der Waals surface area contributed by atoms with Gasteiger partial charge in [-0.25, -0.2) is 0 Å². The summed E-state index contributed by atoms with van der Waals surface area (Å²) in [5.74, 6) is 0. The van der Waals surface area contributed by atoms with E-state index in [-0.39, 0.29) is 0 Å². The van der Waals surface area contributed by atoms with Crippen molar-refractivity contribution in [2.45, 2.75) is 38.5 Å². The lowest BCUT2D eigenvalue weighted by atomic mass is 10.0. The summed E-state index contributed by atoms with van der Waals surface area (Å²) in [6.07, 6.45) is 9.00. The molecular formula is C6H12Cl4O2P2+2. The second kappa shape index (κ2) is 14.4. The molecule has 0 aromatic rings. The SMILES string of the molecule is C1CCCCC1.O=[P+](Cl)Cl.O=[P+](Cl)Cl. The Kier molecular flexibility index (Phi) is 18.2. The lowest BCUT2D eigenvalue weighted by molar-refractivity contribution is 0.504. The minimum absolute atomic E-state index is 1.50. The molecule has 0 spiro atoms. The van der Waals surface area contributed by atoms with Gasteiger partial charge in [0, 0.05) is 0 Å². The van der Waals surface area contributed by atoms with Gasteiger partial charge in [0.1, 0.15) is 0 Å². The number of hydrogen-bond donors (Lipinski definition) is 0. The van der Waals surface area contributed by atoms with Crippen LogP contribution in [0.25, 0.3) is 0 Å². The van der Waals surface area contributed by atoms with Crippen molar-refractivity contribution in [1.29, 1.82) is 0 Å². The fourth-order valence-electron chi connectivity index (χ4n) is 1.06. The summed E-state index contributed by atoms with van der Waals surface area (Å²) >= 11 is 18.2. The quantitative estimate of drug-likeness (QED) is 0.472. The molecule has 0 atom stereocenters. The molecule has 0 radical (unpaired) electrons. The van der Waals surface area contributed by atoms with Crippen LogP contribution in [0.3, 0.4) is 0 Å². The average molecular weight is 320 g/mol. The van der Waals surface area contributed by atoms with Crippen molar-refractivity contribution in [2.75, 3.05) is 0 Å². The first-order chi connectivity index (χ1) is 6.46. The molecule has 0 aromatic carbocycles. The Hall–Kier alpha value is 1.36. The molecule has 0 amide bonds. The molecule has 1 aliphatic rings. The van der Waals surface area contributed by atoms with E-state index >= 15 is 0 Å². The van der Waals surface area contributed by atoms with E-state index in [1.54, 1.807) is 0 Å². The Morgan fingerprint density at radius 1 is 0.571 bits per heavy atom. The van der Waals surface area contributed by atoms with Gasteiger partial charge >= 0.3 is 13.0 Å². The van der Waals surface area contributed by atoms with Crippen molar-refractivity contribution < 1.29 is 9.13 Å². The summed E-state index contributed by atoms with van der Waals surface area (Å²) in [5, 5.41) is 0. The zero-order valence-corrected chi connectivity index (χ0v) is 12.3. The highest BCUT2D eigenvalue weighted by Crippen LogP contribution is 2.31. The fraction of sp³-hybridized carbons (Fsp3) is 1.00. The highest BCUT2D eigenvalue weighted by atomic mass is 35.9. The van der Waals surface area contributed by atoms with Crippen molar-refractivity contribution >= 4 is 58.0 Å². The summed E-state index contributed by atoms with van der Waals surface area (Å²) in [4.78, 5) is 0. The van der Waals surface area contributed by atoms with Gasteiger partial charge in [0.2, 0.25) is 45.0 Å². The van der Waals surface area contributed by atoms with Crippen LogP contribution in [0.1, 0.15) is 38.5 Å². The zero-order valence-electron chi connectivity index (χ0n) is 7.47. The molecule has 0 N–H and O–H groups in total. The van der Waals surface area contributed by atoms with Crippen LogP contribution in [0.5, 0.6) is 0 Å². The predicted molar refractivity (Wildman–Crippen MR) is 66.3 cm³/mol. The van der Waals surface area contributed by atoms with Crippen LogP contribution in [0.2, 0.25) is 0 Å². The third-order valence-electron chi connectivity index (χ3n) is 1.50. The topological polar surface area (TPSA) is 34.1 Å². The monoisotopic (exact) mass is 318 g/mol. The summed E-state index contributed by atoms with van der Waals surface area (Å²) in [5.41, 5.74) is 0. The molecule has 84 valence electrons. The molecule has 0 bridgehead atoms. The number of halogens is 4. The van der Waals surface area contributed by atoms with Crippen molar-refractivity contribution in [1.82, 2.24) is 0 Å². The van der Waals surface area contributed by atoms with E-state index in [9.17, 15) is 0 Å². The fourth-order valence-corrected chi connectivity index (χ4v) is 1.06. The Morgan fingerprint density at radius 2 is 0.643 bits per heavy atom. The Morgan fingerprint density at radius 3 is 0.714 bits per heavy atom. The maximum atomic E-state index is 9.12. The van der Waals surface area contributed by atoms with E-state index in [1.165, 1.54) is 38.5 Å². The third kappa shape index (κ3) is 37.7. The van der Waals surface area contributed by atoms with E-state index in [0.29, 0.717) is 0 Å². The first-order valence-electron chi connectivity index (χ1n) is 4.04. The lowest BCUT2D eigenvalue weighted by Gasteiger charge is -2.05. The molecule has 1 saturated carbocycles. The molecule has 0 unspecified atom stereocenters. The highest BCUT2D eigenvalue weighted by Gasteiger charge is 1.98. The van der Waals surface area contributed by atoms with Gasteiger partial charge in [-0.3, -0.25) is 0 Å². The molecule has 2 nitrogen and oxygen atoms in total. The summed E-state index contributed by atoms with van der Waals surface area (Å²) in [6.45, 7) is -3.85. The van der Waals surface area contributed by atoms with Gasteiger partial charge < -0.3 is 0 Å². The van der Waals surface area contributed by atoms with Crippen LogP contribution < -0.4 is 0 Å². The minimum atomic E-state index is -1.93. The van der Waals surface area contributed by atoms with Crippen molar-refractivity contribution in [3.8, 4) is 0 Å². The summed E-state index contributed by atoms with van der Waals surface area (Å²) in [6, 6.07) is 0. The zero-order chi connectivity index (χ0) is 11.4. The lowest BCUT2D eigenvalue weighted by Crippen LogP contribution is -1.85. The Balaban J connectivity index is 0. The third-order valence-corrected chi connectivity index (χ3v) is 1.50. The maximum Gasteiger partial charge on any atom is 0.575 e. The van der Waals surface area contributed by atoms with Crippen molar-refractivity contribution in [3.05, 3.63) is 0 Å². The van der Waals surface area contributed by atoms with Crippen LogP contribution in [0, 0.1) is 0 Å². The molecule has 14 heavy (non-hydrogen) atoms. The number of rotatable bonds is 0. The summed E-state index contributed by atoms with van der Waals surface area (Å²) in [7, 11) is 0. The van der Waals surface area contributed by atoms with Gasteiger partial charge in [0.15, 0.2) is 0 Å². The van der Waals surface area contributed by atoms with Gasteiger partial charge in [-0.15, -0.1) is 0 Å². The van der Waals surface area contributed by atoms with Crippen LogP contribution in [0.4, 0.5) is 0 Å². The Labute approximate surface area is 105 Å². The van der Waals surface area contributed by atoms with E-state index in [2.05, 4.69) is 45.0 Å². The molecule has 8 heteroatoms. The Bertz CT molecular complexity index is 132. The molecule has 1 rings (SSSR count). The van der Waals surface area contributed by atoms with Gasteiger partial charge in [0.25, 0.3) is 0 Å². The molecule has 0 aromatic heterocycles. The normalized spacial score (nSPS) is 14.0. The molecule has 0 heterocycles. The van der Waals surface area contributed by atoms with Crippen LogP contribution >= 0.6 is 58.0 Å². The average Bonchev–Trinajstić information content (AvgIpc) is 2.05. The maximum absolute atomic E-state index is 9.12. The van der Waals surface area contributed by atoms with Crippen molar-refractivity contribution in [2.24, 2.45) is 0 Å². The van der Waals surface area contributed by atoms with E-state index in [0.717, 1.165) is 0 Å². The van der Waals surface area contributed by atoms with E-state index in [1.807, 2.05) is 0 Å². The number of hydrogen-bond acceptors (Lipinski definition) is 2.